The van der Waals surface area contributed by atoms with Crippen molar-refractivity contribution in [3.05, 3.63) is 94.0 Å². The molecule has 4 aromatic carbocycles. The molecule has 7 heteroatoms. The number of ether oxygens (including phenoxy) is 5. The summed E-state index contributed by atoms with van der Waals surface area (Å²) in [5, 5.41) is 0. The minimum atomic E-state index is 0.166. The van der Waals surface area contributed by atoms with E-state index in [0.29, 0.717) is 35.2 Å². The summed E-state index contributed by atoms with van der Waals surface area (Å²) in [6, 6.07) is 21.0. The fourth-order valence-corrected chi connectivity index (χ4v) is 6.69. The standard InChI is InChI=1S/C35H32N2O5/c1-37-13-11-22-17-30-31-19-25(22)27(37)15-21-6-9-28(38-2)29(16-21)40-24-7-4-20(5-8-24)14-26-33-23(10-12-36-26)18-32(39-3)34(41-30)35(33)42-31/h4-9,16-19,27H,10-15H2,1-3H3/t27-/m0/s1. The Balaban J connectivity index is 1.33. The molecular weight excluding hydrogens is 528 g/mol. The molecule has 42 heavy (non-hydrogen) atoms. The summed E-state index contributed by atoms with van der Waals surface area (Å²) >= 11 is 0. The molecule has 0 amide bonds. The summed E-state index contributed by atoms with van der Waals surface area (Å²) in [4.78, 5) is 7.40. The van der Waals surface area contributed by atoms with Crippen LogP contribution in [-0.2, 0) is 25.7 Å². The van der Waals surface area contributed by atoms with E-state index >= 15 is 0 Å². The largest absolute Gasteiger partial charge is 0.493 e. The maximum Gasteiger partial charge on any atom is 0.212 e. The van der Waals surface area contributed by atoms with Gasteiger partial charge in [-0.1, -0.05) is 18.2 Å². The number of aliphatic imine (C=N–C) groups is 1. The molecule has 0 spiro atoms. The van der Waals surface area contributed by atoms with Gasteiger partial charge in [0, 0.05) is 31.1 Å². The predicted molar refractivity (Wildman–Crippen MR) is 161 cm³/mol. The molecule has 0 aliphatic carbocycles. The molecule has 1 atom stereocenters. The molecule has 212 valence electrons. The molecule has 4 aromatic rings. The van der Waals surface area contributed by atoms with Crippen molar-refractivity contribution < 1.29 is 23.7 Å². The van der Waals surface area contributed by atoms with E-state index in [2.05, 4.69) is 54.4 Å². The minimum absolute atomic E-state index is 0.166. The molecule has 0 radical (unpaired) electrons. The highest BCUT2D eigenvalue weighted by molar-refractivity contribution is 6.07. The summed E-state index contributed by atoms with van der Waals surface area (Å²) in [5.41, 5.74) is 8.01. The van der Waals surface area contributed by atoms with Gasteiger partial charge in [0.05, 0.1) is 19.9 Å². The predicted octanol–water partition coefficient (Wildman–Crippen LogP) is 7.07. The van der Waals surface area contributed by atoms with Gasteiger partial charge in [-0.2, -0.15) is 0 Å². The average molecular weight is 561 g/mol. The van der Waals surface area contributed by atoms with Crippen LogP contribution in [0, 0.1) is 0 Å². The van der Waals surface area contributed by atoms with Gasteiger partial charge in [0.2, 0.25) is 5.75 Å². The molecule has 7 nitrogen and oxygen atoms in total. The lowest BCUT2D eigenvalue weighted by Gasteiger charge is -2.36. The normalized spacial score (nSPS) is 18.2. The molecule has 0 saturated carbocycles. The van der Waals surface area contributed by atoms with Gasteiger partial charge < -0.3 is 23.7 Å². The van der Waals surface area contributed by atoms with E-state index in [1.807, 2.05) is 18.2 Å². The third-order valence-electron chi connectivity index (χ3n) is 8.91. The smallest absolute Gasteiger partial charge is 0.212 e. The zero-order chi connectivity index (χ0) is 28.4. The van der Waals surface area contributed by atoms with E-state index in [1.165, 1.54) is 16.7 Å². The number of hydrogen-bond donors (Lipinski definition) is 0. The van der Waals surface area contributed by atoms with Crippen LogP contribution in [-0.4, -0.2) is 45.0 Å². The Labute approximate surface area is 245 Å². The third kappa shape index (κ3) is 4.10. The molecule has 5 aliphatic rings. The SMILES string of the molecule is COc1ccc2cc1Oc1ccc(cc1)CC1=NCCc3cc(OC)c4c(c31)Oc1cc3c(cc1O4)CCN(C)[C@H]3C2. The maximum absolute atomic E-state index is 6.80. The Bertz CT molecular complexity index is 1760. The van der Waals surface area contributed by atoms with Crippen molar-refractivity contribution in [2.75, 3.05) is 34.4 Å². The Morgan fingerprint density at radius 1 is 0.762 bits per heavy atom. The lowest BCUT2D eigenvalue weighted by Crippen LogP contribution is -2.33. The van der Waals surface area contributed by atoms with E-state index in [9.17, 15) is 0 Å². The fourth-order valence-electron chi connectivity index (χ4n) is 6.69. The molecule has 0 unspecified atom stereocenters. The highest BCUT2D eigenvalue weighted by atomic mass is 16.6. The summed E-state index contributed by atoms with van der Waals surface area (Å²) in [6.07, 6.45) is 3.25. The topological polar surface area (TPSA) is 61.8 Å². The van der Waals surface area contributed by atoms with E-state index in [-0.39, 0.29) is 6.04 Å². The number of benzene rings is 4. The highest BCUT2D eigenvalue weighted by Gasteiger charge is 2.34. The van der Waals surface area contributed by atoms with Crippen LogP contribution in [0.5, 0.6) is 46.0 Å². The number of nitrogens with zero attached hydrogens (tertiary/aromatic N) is 2. The molecule has 5 heterocycles. The van der Waals surface area contributed by atoms with Crippen molar-refractivity contribution in [3.63, 3.8) is 0 Å². The second-order valence-electron chi connectivity index (χ2n) is 11.4. The van der Waals surface area contributed by atoms with Crippen molar-refractivity contribution in [1.29, 1.82) is 0 Å². The third-order valence-corrected chi connectivity index (χ3v) is 8.91. The van der Waals surface area contributed by atoms with E-state index in [4.69, 9.17) is 28.7 Å². The second-order valence-corrected chi connectivity index (χ2v) is 11.4. The first-order valence-corrected chi connectivity index (χ1v) is 14.5. The van der Waals surface area contributed by atoms with Gasteiger partial charge in [-0.15, -0.1) is 0 Å². The van der Waals surface area contributed by atoms with Crippen LogP contribution in [0.4, 0.5) is 0 Å². The maximum atomic E-state index is 6.80. The molecule has 0 N–H and O–H groups in total. The first kappa shape index (κ1) is 25.2. The molecule has 9 rings (SSSR count). The van der Waals surface area contributed by atoms with Gasteiger partial charge in [-0.25, -0.2) is 0 Å². The summed E-state index contributed by atoms with van der Waals surface area (Å²) in [6.45, 7) is 1.68. The van der Waals surface area contributed by atoms with Gasteiger partial charge in [0.25, 0.3) is 0 Å². The Morgan fingerprint density at radius 2 is 1.55 bits per heavy atom. The van der Waals surface area contributed by atoms with Crippen molar-refractivity contribution in [2.24, 2.45) is 4.99 Å². The summed E-state index contributed by atoms with van der Waals surface area (Å²) in [5.74, 6) is 5.63. The van der Waals surface area contributed by atoms with Crippen molar-refractivity contribution in [2.45, 2.75) is 31.7 Å². The van der Waals surface area contributed by atoms with E-state index < -0.39 is 0 Å². The molecule has 5 aliphatic heterocycles. The quantitative estimate of drug-likeness (QED) is 0.230. The molecule has 7 bridgehead atoms. The van der Waals surface area contributed by atoms with Gasteiger partial charge >= 0.3 is 0 Å². The number of rotatable bonds is 2. The first-order chi connectivity index (χ1) is 20.6. The number of likely N-dealkylation sites (N-methyl/N-ethyl adjacent to an activating group) is 1. The van der Waals surface area contributed by atoms with E-state index in [0.717, 1.165) is 72.0 Å². The number of hydrogen-bond acceptors (Lipinski definition) is 7. The lowest BCUT2D eigenvalue weighted by molar-refractivity contribution is 0.227. The van der Waals surface area contributed by atoms with Crippen LogP contribution >= 0.6 is 0 Å². The van der Waals surface area contributed by atoms with Crippen LogP contribution in [0.2, 0.25) is 0 Å². The molecule has 0 aromatic heterocycles. The van der Waals surface area contributed by atoms with Crippen LogP contribution in [0.3, 0.4) is 0 Å². The van der Waals surface area contributed by atoms with Crippen molar-refractivity contribution in [3.8, 4) is 46.0 Å². The van der Waals surface area contributed by atoms with Crippen LogP contribution < -0.4 is 23.7 Å². The minimum Gasteiger partial charge on any atom is -0.493 e. The molecular formula is C35H32N2O5. The molecule has 0 saturated heterocycles. The van der Waals surface area contributed by atoms with Crippen LogP contribution in [0.1, 0.15) is 39.4 Å². The average Bonchev–Trinajstić information content (AvgIpc) is 3.01. The van der Waals surface area contributed by atoms with Crippen LogP contribution in [0.25, 0.3) is 0 Å². The van der Waals surface area contributed by atoms with Gasteiger partial charge in [0.15, 0.2) is 34.5 Å². The van der Waals surface area contributed by atoms with Crippen molar-refractivity contribution in [1.82, 2.24) is 4.90 Å². The Kier molecular flexibility index (Phi) is 5.89. The fraction of sp³-hybridized carbons (Fsp3) is 0.286. The zero-order valence-electron chi connectivity index (χ0n) is 24.0. The van der Waals surface area contributed by atoms with Gasteiger partial charge in [-0.3, -0.25) is 9.89 Å². The first-order valence-electron chi connectivity index (χ1n) is 14.5. The highest BCUT2D eigenvalue weighted by Crippen LogP contribution is 2.54. The Hall–Kier alpha value is -4.49. The van der Waals surface area contributed by atoms with E-state index in [1.54, 1.807) is 14.2 Å². The second kappa shape index (κ2) is 9.81. The lowest BCUT2D eigenvalue weighted by atomic mass is 9.88. The van der Waals surface area contributed by atoms with Crippen LogP contribution in [0.15, 0.2) is 65.7 Å². The summed E-state index contributed by atoms with van der Waals surface area (Å²) in [7, 11) is 5.56. The molecule has 0 fully saturated rings. The summed E-state index contributed by atoms with van der Waals surface area (Å²) < 4.78 is 31.3. The van der Waals surface area contributed by atoms with Crippen molar-refractivity contribution >= 4 is 5.71 Å². The van der Waals surface area contributed by atoms with Gasteiger partial charge in [-0.05, 0) is 96.6 Å². The monoisotopic (exact) mass is 560 g/mol. The number of fused-ring (bicyclic) bond motifs is 2. The zero-order valence-corrected chi connectivity index (χ0v) is 24.0. The Morgan fingerprint density at radius 3 is 2.38 bits per heavy atom. The van der Waals surface area contributed by atoms with Gasteiger partial charge in [0.1, 0.15) is 5.75 Å². The number of methoxy groups -OCH3 is 2.